The topological polar surface area (TPSA) is 43.9 Å². The van der Waals surface area contributed by atoms with E-state index in [-0.39, 0.29) is 5.41 Å². The van der Waals surface area contributed by atoms with Gasteiger partial charge in [0.1, 0.15) is 0 Å². The number of nitrogens with zero attached hydrogens (tertiary/aromatic N) is 3. The van der Waals surface area contributed by atoms with Crippen LogP contribution in [0.1, 0.15) is 25.0 Å². The van der Waals surface area contributed by atoms with Crippen LogP contribution in [-0.2, 0) is 5.41 Å². The molecule has 0 spiro atoms. The Morgan fingerprint density at radius 2 is 1.26 bits per heavy atom. The number of fused-ring (bicyclic) bond motifs is 7. The van der Waals surface area contributed by atoms with Gasteiger partial charge in [0, 0.05) is 33.0 Å². The lowest BCUT2D eigenvalue weighted by molar-refractivity contribution is 0.584. The van der Waals surface area contributed by atoms with E-state index >= 15 is 0 Å². The number of hydrogen-bond donors (Lipinski definition) is 0. The summed E-state index contributed by atoms with van der Waals surface area (Å²) in [6, 6.07) is 40.4. The largest absolute Gasteiger partial charge is 0.416 e. The van der Waals surface area contributed by atoms with Gasteiger partial charge in [-0.25, -0.2) is 0 Å². The molecule has 7 aromatic rings. The molecule has 2 heterocycles. The molecular formula is C35H25N3O. The van der Waals surface area contributed by atoms with Gasteiger partial charge in [-0.3, -0.25) is 0 Å². The van der Waals surface area contributed by atoms with E-state index in [9.17, 15) is 0 Å². The zero-order valence-corrected chi connectivity index (χ0v) is 21.7. The normalized spacial score (nSPS) is 13.6. The molecule has 0 atom stereocenters. The molecule has 0 fully saturated rings. The quantitative estimate of drug-likeness (QED) is 0.242. The van der Waals surface area contributed by atoms with E-state index < -0.39 is 0 Å². The van der Waals surface area contributed by atoms with Gasteiger partial charge >= 0.3 is 0 Å². The van der Waals surface area contributed by atoms with Crippen LogP contribution in [0.15, 0.2) is 120 Å². The van der Waals surface area contributed by atoms with Crippen LogP contribution in [0.4, 0.5) is 0 Å². The fourth-order valence-corrected chi connectivity index (χ4v) is 6.37. The third kappa shape index (κ3) is 3.12. The average molecular weight is 504 g/mol. The number of hydrogen-bond acceptors (Lipinski definition) is 3. The van der Waals surface area contributed by atoms with Crippen LogP contribution in [-0.4, -0.2) is 14.8 Å². The summed E-state index contributed by atoms with van der Waals surface area (Å²) in [5, 5.41) is 11.1. The van der Waals surface area contributed by atoms with Crippen LogP contribution in [0.25, 0.3) is 61.5 Å². The lowest BCUT2D eigenvalue weighted by atomic mass is 9.81. The Balaban J connectivity index is 1.32. The Morgan fingerprint density at radius 3 is 2.05 bits per heavy atom. The van der Waals surface area contributed by atoms with Gasteiger partial charge in [0.05, 0.1) is 11.0 Å². The first-order valence-corrected chi connectivity index (χ1v) is 13.3. The van der Waals surface area contributed by atoms with Gasteiger partial charge in [-0.1, -0.05) is 86.6 Å². The molecule has 4 heteroatoms. The highest BCUT2D eigenvalue weighted by Crippen LogP contribution is 2.52. The van der Waals surface area contributed by atoms with Crippen molar-refractivity contribution in [3.8, 4) is 39.7 Å². The second kappa shape index (κ2) is 8.02. The molecule has 4 nitrogen and oxygen atoms in total. The molecule has 2 aromatic heterocycles. The summed E-state index contributed by atoms with van der Waals surface area (Å²) in [5.74, 6) is 1.04. The molecule has 0 saturated heterocycles. The fraction of sp³-hybridized carbons (Fsp3) is 0.0857. The standard InChI is InChI=1S/C35H25N3O/c1-35(2)29-14-8-6-12-25(29)27-20-21-28-26-13-7-9-15-30(26)38(32(28)31(27)35)24-18-16-23(17-19-24)34-37-36-33(39-34)22-10-4-3-5-11-22/h3-21H,1-2H3. The molecule has 1 aliphatic rings. The van der Waals surface area contributed by atoms with E-state index in [0.29, 0.717) is 11.8 Å². The van der Waals surface area contributed by atoms with Crippen LogP contribution in [0, 0.1) is 0 Å². The molecule has 1 aliphatic carbocycles. The molecular weight excluding hydrogens is 478 g/mol. The zero-order chi connectivity index (χ0) is 26.1. The summed E-state index contributed by atoms with van der Waals surface area (Å²) in [7, 11) is 0. The van der Waals surface area contributed by atoms with Gasteiger partial charge in [-0.2, -0.15) is 0 Å². The smallest absolute Gasteiger partial charge is 0.248 e. The highest BCUT2D eigenvalue weighted by Gasteiger charge is 2.38. The number of aromatic nitrogens is 3. The first-order valence-electron chi connectivity index (χ1n) is 13.3. The molecule has 0 bridgehead atoms. The van der Waals surface area contributed by atoms with Crippen molar-refractivity contribution in [3.05, 3.63) is 126 Å². The Bertz CT molecular complexity index is 2030. The highest BCUT2D eigenvalue weighted by atomic mass is 16.4. The second-order valence-corrected chi connectivity index (χ2v) is 10.7. The third-order valence-corrected chi connectivity index (χ3v) is 8.17. The van der Waals surface area contributed by atoms with Gasteiger partial charge in [-0.05, 0) is 64.7 Å². The summed E-state index contributed by atoms with van der Waals surface area (Å²) in [5.41, 5.74) is 10.7. The summed E-state index contributed by atoms with van der Waals surface area (Å²) in [4.78, 5) is 0. The predicted molar refractivity (Wildman–Crippen MR) is 157 cm³/mol. The predicted octanol–water partition coefficient (Wildman–Crippen LogP) is 8.81. The molecule has 0 amide bonds. The van der Waals surface area contributed by atoms with Crippen molar-refractivity contribution in [1.82, 2.24) is 14.8 Å². The Morgan fingerprint density at radius 1 is 0.590 bits per heavy atom. The Kier molecular flexibility index (Phi) is 4.54. The van der Waals surface area contributed by atoms with E-state index in [2.05, 4.69) is 114 Å². The lowest BCUT2D eigenvalue weighted by Gasteiger charge is -2.23. The molecule has 0 radical (unpaired) electrons. The average Bonchev–Trinajstić information content (AvgIpc) is 3.66. The van der Waals surface area contributed by atoms with E-state index in [1.54, 1.807) is 0 Å². The highest BCUT2D eigenvalue weighted by molar-refractivity contribution is 6.13. The van der Waals surface area contributed by atoms with Crippen molar-refractivity contribution in [3.63, 3.8) is 0 Å². The van der Waals surface area contributed by atoms with Crippen LogP contribution >= 0.6 is 0 Å². The fourth-order valence-electron chi connectivity index (χ4n) is 6.37. The van der Waals surface area contributed by atoms with Crippen molar-refractivity contribution in [1.29, 1.82) is 0 Å². The van der Waals surface area contributed by atoms with Crippen LogP contribution in [0.3, 0.4) is 0 Å². The van der Waals surface area contributed by atoms with Gasteiger partial charge < -0.3 is 8.98 Å². The minimum absolute atomic E-state index is 0.116. The van der Waals surface area contributed by atoms with Crippen molar-refractivity contribution in [2.24, 2.45) is 0 Å². The molecule has 0 unspecified atom stereocenters. The molecule has 0 aliphatic heterocycles. The minimum Gasteiger partial charge on any atom is -0.416 e. The summed E-state index contributed by atoms with van der Waals surface area (Å²) >= 11 is 0. The molecule has 5 aromatic carbocycles. The third-order valence-electron chi connectivity index (χ3n) is 8.17. The monoisotopic (exact) mass is 503 g/mol. The van der Waals surface area contributed by atoms with E-state index in [1.807, 2.05) is 30.3 Å². The second-order valence-electron chi connectivity index (χ2n) is 10.7. The summed E-state index contributed by atoms with van der Waals surface area (Å²) < 4.78 is 8.44. The Hall–Kier alpha value is -4.96. The number of rotatable bonds is 3. The van der Waals surface area contributed by atoms with Crippen LogP contribution < -0.4 is 0 Å². The summed E-state index contributed by atoms with van der Waals surface area (Å²) in [6.07, 6.45) is 0. The van der Waals surface area contributed by atoms with Gasteiger partial charge in [0.25, 0.3) is 0 Å². The lowest BCUT2D eigenvalue weighted by Crippen LogP contribution is -2.16. The maximum absolute atomic E-state index is 6.02. The van der Waals surface area contributed by atoms with Crippen molar-refractivity contribution >= 4 is 21.8 Å². The van der Waals surface area contributed by atoms with Gasteiger partial charge in [0.2, 0.25) is 11.8 Å². The first-order chi connectivity index (χ1) is 19.1. The molecule has 0 N–H and O–H groups in total. The zero-order valence-electron chi connectivity index (χ0n) is 21.7. The molecule has 0 saturated carbocycles. The molecule has 39 heavy (non-hydrogen) atoms. The number of para-hydroxylation sites is 1. The Labute approximate surface area is 226 Å². The SMILES string of the molecule is CC1(C)c2ccccc2-c2ccc3c4ccccc4n(-c4ccc(-c5nnc(-c6ccccc6)o5)cc4)c3c21. The molecule has 8 rings (SSSR count). The van der Waals surface area contributed by atoms with Crippen LogP contribution in [0.5, 0.6) is 0 Å². The minimum atomic E-state index is -0.116. The van der Waals surface area contributed by atoms with Gasteiger partial charge in [-0.15, -0.1) is 10.2 Å². The maximum atomic E-state index is 6.02. The van der Waals surface area contributed by atoms with Crippen molar-refractivity contribution in [2.45, 2.75) is 19.3 Å². The van der Waals surface area contributed by atoms with E-state index in [1.165, 1.54) is 44.1 Å². The van der Waals surface area contributed by atoms with E-state index in [4.69, 9.17) is 4.42 Å². The molecule has 186 valence electrons. The van der Waals surface area contributed by atoms with Crippen LogP contribution in [0.2, 0.25) is 0 Å². The number of benzene rings is 5. The summed E-state index contributed by atoms with van der Waals surface area (Å²) in [6.45, 7) is 4.70. The van der Waals surface area contributed by atoms with Crippen molar-refractivity contribution < 1.29 is 4.42 Å². The first kappa shape index (κ1) is 22.1. The van der Waals surface area contributed by atoms with Gasteiger partial charge in [0.15, 0.2) is 0 Å². The van der Waals surface area contributed by atoms with Crippen molar-refractivity contribution in [2.75, 3.05) is 0 Å². The maximum Gasteiger partial charge on any atom is 0.248 e. The van der Waals surface area contributed by atoms with E-state index in [0.717, 1.165) is 16.8 Å².